The highest BCUT2D eigenvalue weighted by molar-refractivity contribution is 5.81. The number of carbonyl (C=O) groups excluding carboxylic acids is 2. The summed E-state index contributed by atoms with van der Waals surface area (Å²) in [5.74, 6) is -0.613. The third-order valence-electron chi connectivity index (χ3n) is 9.24. The van der Waals surface area contributed by atoms with Gasteiger partial charge < -0.3 is 37.1 Å². The van der Waals surface area contributed by atoms with Crippen LogP contribution in [0.25, 0.3) is 0 Å². The molecule has 0 aromatic rings. The van der Waals surface area contributed by atoms with E-state index in [1.165, 1.54) is 0 Å². The molecule has 4 aliphatic rings. The molecule has 4 heterocycles. The van der Waals surface area contributed by atoms with E-state index in [0.717, 1.165) is 45.3 Å². The standard InChI is InChI=1S/C26H48FN7O3/c1-3-26(2)6-4-18(27)13-31-19(12-26)22(23(28)29)24(35)32-20-14-30-7-5-21(20)33-8-10-34(11-9-33)25(36)17-15-37-16-17/h17-23,30-31H,3-16,28-29H2,1-2H3,(H,32,35). The molecule has 37 heavy (non-hydrogen) atoms. The third kappa shape index (κ3) is 6.99. The van der Waals surface area contributed by atoms with Crippen LogP contribution in [0.1, 0.15) is 46.0 Å². The van der Waals surface area contributed by atoms with E-state index >= 15 is 0 Å². The Morgan fingerprint density at radius 3 is 2.51 bits per heavy atom. The lowest BCUT2D eigenvalue weighted by molar-refractivity contribution is -0.152. The van der Waals surface area contributed by atoms with E-state index in [-0.39, 0.29) is 47.8 Å². The molecule has 0 bridgehead atoms. The molecule has 6 atom stereocenters. The molecule has 4 aliphatic heterocycles. The minimum Gasteiger partial charge on any atom is -0.380 e. The zero-order valence-electron chi connectivity index (χ0n) is 22.6. The summed E-state index contributed by atoms with van der Waals surface area (Å²) in [4.78, 5) is 30.7. The van der Waals surface area contributed by atoms with Gasteiger partial charge in [0.15, 0.2) is 0 Å². The molecule has 10 nitrogen and oxygen atoms in total. The largest absolute Gasteiger partial charge is 0.380 e. The van der Waals surface area contributed by atoms with Gasteiger partial charge in [0.2, 0.25) is 11.8 Å². The summed E-state index contributed by atoms with van der Waals surface area (Å²) in [7, 11) is 0. The first-order valence-electron chi connectivity index (χ1n) is 14.2. The lowest BCUT2D eigenvalue weighted by atomic mass is 9.73. The second-order valence-electron chi connectivity index (χ2n) is 11.9. The van der Waals surface area contributed by atoms with Crippen molar-refractivity contribution in [3.63, 3.8) is 0 Å². The van der Waals surface area contributed by atoms with Crippen molar-refractivity contribution >= 4 is 11.8 Å². The molecule has 0 spiro atoms. The third-order valence-corrected chi connectivity index (χ3v) is 9.24. The Labute approximate surface area is 220 Å². The molecule has 6 unspecified atom stereocenters. The molecule has 0 radical (unpaired) electrons. The number of amides is 2. The van der Waals surface area contributed by atoms with Gasteiger partial charge in [0.05, 0.1) is 37.3 Å². The summed E-state index contributed by atoms with van der Waals surface area (Å²) in [5.41, 5.74) is 12.3. The second-order valence-corrected chi connectivity index (χ2v) is 11.9. The van der Waals surface area contributed by atoms with Crippen molar-refractivity contribution in [2.24, 2.45) is 28.7 Å². The molecular formula is C26H48FN7O3. The van der Waals surface area contributed by atoms with Gasteiger partial charge in [-0.25, -0.2) is 4.39 Å². The van der Waals surface area contributed by atoms with E-state index in [9.17, 15) is 14.0 Å². The van der Waals surface area contributed by atoms with Gasteiger partial charge in [-0.3, -0.25) is 14.5 Å². The molecule has 0 aromatic heterocycles. The Balaban J connectivity index is 1.39. The van der Waals surface area contributed by atoms with Gasteiger partial charge in [0.1, 0.15) is 6.17 Å². The predicted molar refractivity (Wildman–Crippen MR) is 140 cm³/mol. The van der Waals surface area contributed by atoms with Crippen LogP contribution in [0.15, 0.2) is 0 Å². The van der Waals surface area contributed by atoms with Crippen LogP contribution < -0.4 is 27.4 Å². The first kappa shape index (κ1) is 28.6. The van der Waals surface area contributed by atoms with Crippen molar-refractivity contribution in [2.45, 2.75) is 76.4 Å². The van der Waals surface area contributed by atoms with Gasteiger partial charge in [-0.2, -0.15) is 0 Å². The molecule has 7 N–H and O–H groups in total. The minimum absolute atomic E-state index is 0.0130. The van der Waals surface area contributed by atoms with Gasteiger partial charge in [-0.05, 0) is 37.6 Å². The minimum atomic E-state index is -0.944. The number of carbonyl (C=O) groups is 2. The van der Waals surface area contributed by atoms with Gasteiger partial charge in [0, 0.05) is 51.4 Å². The molecule has 4 fully saturated rings. The second kappa shape index (κ2) is 12.7. The lowest BCUT2D eigenvalue weighted by Gasteiger charge is -2.46. The lowest BCUT2D eigenvalue weighted by Crippen LogP contribution is -2.66. The number of nitrogens with two attached hydrogens (primary N) is 2. The van der Waals surface area contributed by atoms with E-state index in [0.29, 0.717) is 39.3 Å². The maximum absolute atomic E-state index is 14.4. The SMILES string of the molecule is CCC1(C)CCC(F)CNC(C(C(=O)NC2CNCCC2N2CCN(C(=O)C3COC3)CC2)C(N)N)C1. The maximum Gasteiger partial charge on any atom is 0.230 e. The molecular weight excluding hydrogens is 477 g/mol. The van der Waals surface area contributed by atoms with Crippen LogP contribution in [0, 0.1) is 17.3 Å². The predicted octanol–water partition coefficient (Wildman–Crippen LogP) is -0.620. The van der Waals surface area contributed by atoms with E-state index in [2.05, 4.69) is 34.7 Å². The number of hydrogen-bond donors (Lipinski definition) is 5. The summed E-state index contributed by atoms with van der Waals surface area (Å²) >= 11 is 0. The van der Waals surface area contributed by atoms with Crippen LogP contribution >= 0.6 is 0 Å². The smallest absolute Gasteiger partial charge is 0.230 e. The average Bonchev–Trinajstić information content (AvgIpc) is 2.84. The van der Waals surface area contributed by atoms with Crippen molar-refractivity contribution < 1.29 is 18.7 Å². The Bertz CT molecular complexity index is 777. The molecule has 0 aliphatic carbocycles. The zero-order chi connectivity index (χ0) is 26.6. The van der Waals surface area contributed by atoms with Crippen molar-refractivity contribution in [3.05, 3.63) is 0 Å². The van der Waals surface area contributed by atoms with Gasteiger partial charge in [-0.1, -0.05) is 20.3 Å². The average molecular weight is 526 g/mol. The maximum atomic E-state index is 14.4. The summed E-state index contributed by atoms with van der Waals surface area (Å²) < 4.78 is 19.6. The fraction of sp³-hybridized carbons (Fsp3) is 0.923. The van der Waals surface area contributed by atoms with Crippen LogP contribution in [-0.2, 0) is 14.3 Å². The van der Waals surface area contributed by atoms with Crippen molar-refractivity contribution in [1.29, 1.82) is 0 Å². The topological polar surface area (TPSA) is 138 Å². The molecule has 0 aromatic carbocycles. The summed E-state index contributed by atoms with van der Waals surface area (Å²) in [6.45, 7) is 10.1. The van der Waals surface area contributed by atoms with E-state index in [4.69, 9.17) is 16.2 Å². The number of piperazine rings is 1. The van der Waals surface area contributed by atoms with Crippen LogP contribution in [0.2, 0.25) is 0 Å². The number of nitrogens with zero attached hydrogens (tertiary/aromatic N) is 2. The van der Waals surface area contributed by atoms with E-state index in [1.807, 2.05) is 4.90 Å². The molecule has 0 saturated carbocycles. The molecule has 11 heteroatoms. The number of halogens is 1. The van der Waals surface area contributed by atoms with Crippen LogP contribution in [0.5, 0.6) is 0 Å². The van der Waals surface area contributed by atoms with Gasteiger partial charge in [0.25, 0.3) is 0 Å². The molecule has 212 valence electrons. The fourth-order valence-electron chi connectivity index (χ4n) is 6.41. The Kier molecular flexibility index (Phi) is 9.79. The Hall–Kier alpha value is -1.37. The number of piperidine rings is 1. The normalized spacial score (nSPS) is 35.4. The highest BCUT2D eigenvalue weighted by atomic mass is 19.1. The van der Waals surface area contributed by atoms with Gasteiger partial charge in [-0.15, -0.1) is 0 Å². The van der Waals surface area contributed by atoms with Crippen molar-refractivity contribution in [2.75, 3.05) is 59.0 Å². The highest BCUT2D eigenvalue weighted by Crippen LogP contribution is 2.37. The number of rotatable bonds is 7. The van der Waals surface area contributed by atoms with Crippen molar-refractivity contribution in [1.82, 2.24) is 25.8 Å². The Morgan fingerprint density at radius 1 is 1.16 bits per heavy atom. The zero-order valence-corrected chi connectivity index (χ0v) is 22.6. The van der Waals surface area contributed by atoms with Crippen LogP contribution in [0.4, 0.5) is 4.39 Å². The van der Waals surface area contributed by atoms with Gasteiger partial charge >= 0.3 is 0 Å². The van der Waals surface area contributed by atoms with E-state index < -0.39 is 18.3 Å². The fourth-order valence-corrected chi connectivity index (χ4v) is 6.41. The quantitative estimate of drug-likeness (QED) is 0.277. The Morgan fingerprint density at radius 2 is 1.89 bits per heavy atom. The van der Waals surface area contributed by atoms with Crippen LogP contribution in [0.3, 0.4) is 0 Å². The molecule has 2 amide bonds. The highest BCUT2D eigenvalue weighted by Gasteiger charge is 2.41. The first-order valence-corrected chi connectivity index (χ1v) is 14.2. The number of nitrogens with one attached hydrogen (secondary N) is 3. The summed E-state index contributed by atoms with van der Waals surface area (Å²) in [5, 5.41) is 9.99. The molecule has 4 rings (SSSR count). The van der Waals surface area contributed by atoms with E-state index in [1.54, 1.807) is 0 Å². The van der Waals surface area contributed by atoms with Crippen molar-refractivity contribution in [3.8, 4) is 0 Å². The summed E-state index contributed by atoms with van der Waals surface area (Å²) in [6, 6.07) is -0.209. The number of ether oxygens (including phenoxy) is 1. The molecule has 4 saturated heterocycles. The number of alkyl halides is 1. The summed E-state index contributed by atoms with van der Waals surface area (Å²) in [6.07, 6.45) is 2.06. The van der Waals surface area contributed by atoms with Crippen LogP contribution in [-0.4, -0.2) is 111 Å². The number of hydrogen-bond acceptors (Lipinski definition) is 8. The first-order chi connectivity index (χ1) is 17.7. The monoisotopic (exact) mass is 525 g/mol.